The molecule has 3 aliphatic rings. The van der Waals surface area contributed by atoms with E-state index in [0.717, 1.165) is 24.8 Å². The first kappa shape index (κ1) is 17.1. The quantitative estimate of drug-likeness (QED) is 0.780. The van der Waals surface area contributed by atoms with Gasteiger partial charge in [-0.25, -0.2) is 0 Å². The van der Waals surface area contributed by atoms with E-state index in [0.29, 0.717) is 13.0 Å². The number of ether oxygens (including phenoxy) is 1. The summed E-state index contributed by atoms with van der Waals surface area (Å²) >= 11 is 0. The van der Waals surface area contributed by atoms with Crippen LogP contribution in [-0.2, 0) is 14.3 Å². The van der Waals surface area contributed by atoms with E-state index in [1.165, 1.54) is 0 Å². The molecular weight excluding hydrogens is 302 g/mol. The number of rotatable bonds is 2. The fourth-order valence-corrected chi connectivity index (χ4v) is 5.52. The molecule has 3 rings (SSSR count). The van der Waals surface area contributed by atoms with Gasteiger partial charge in [-0.05, 0) is 36.8 Å². The van der Waals surface area contributed by atoms with Crippen molar-refractivity contribution >= 4 is 11.6 Å². The Labute approximate surface area is 143 Å². The second-order valence-electron chi connectivity index (χ2n) is 8.33. The molecule has 1 fully saturated rings. The molecule has 0 aromatic heterocycles. The van der Waals surface area contributed by atoms with Gasteiger partial charge in [0, 0.05) is 29.8 Å². The first-order chi connectivity index (χ1) is 11.2. The van der Waals surface area contributed by atoms with Crippen LogP contribution in [0.15, 0.2) is 23.3 Å². The molecule has 1 saturated carbocycles. The number of fused-ring (bicyclic) bond motifs is 3. The lowest BCUT2D eigenvalue weighted by atomic mass is 9.45. The zero-order valence-corrected chi connectivity index (χ0v) is 14.9. The Hall–Kier alpha value is -1.73. The Morgan fingerprint density at radius 2 is 2.00 bits per heavy atom. The van der Waals surface area contributed by atoms with Crippen molar-refractivity contribution in [3.63, 3.8) is 0 Å². The maximum Gasteiger partial charge on any atom is 0.178 e. The lowest BCUT2D eigenvalue weighted by Gasteiger charge is -2.58. The fraction of sp³-hybridized carbons (Fsp3) is 0.650. The molecule has 0 radical (unpaired) electrons. The van der Waals surface area contributed by atoms with Crippen LogP contribution in [0.1, 0.15) is 46.5 Å². The third kappa shape index (κ3) is 2.14. The van der Waals surface area contributed by atoms with E-state index in [1.807, 2.05) is 19.9 Å². The minimum absolute atomic E-state index is 0.0746. The van der Waals surface area contributed by atoms with Crippen LogP contribution in [0.3, 0.4) is 0 Å². The Morgan fingerprint density at radius 1 is 1.29 bits per heavy atom. The number of ketones is 2. The minimum Gasteiger partial charge on any atom is -0.384 e. The van der Waals surface area contributed by atoms with Crippen LogP contribution in [0, 0.1) is 33.5 Å². The van der Waals surface area contributed by atoms with Crippen LogP contribution in [0.5, 0.6) is 0 Å². The minimum atomic E-state index is -0.602. The van der Waals surface area contributed by atoms with Gasteiger partial charge in [-0.1, -0.05) is 26.8 Å². The molecule has 0 spiro atoms. The van der Waals surface area contributed by atoms with Crippen molar-refractivity contribution in [2.45, 2.75) is 46.5 Å². The molecule has 3 atom stereocenters. The number of nitrogens with zero attached hydrogens (tertiary/aromatic N) is 1. The van der Waals surface area contributed by atoms with Gasteiger partial charge in [0.2, 0.25) is 0 Å². The maximum absolute atomic E-state index is 12.7. The molecule has 3 aliphatic carbocycles. The van der Waals surface area contributed by atoms with Crippen molar-refractivity contribution in [1.29, 1.82) is 5.26 Å². The molecule has 4 nitrogen and oxygen atoms in total. The van der Waals surface area contributed by atoms with Crippen LogP contribution in [-0.4, -0.2) is 25.3 Å². The number of hydrogen-bond donors (Lipinski definition) is 0. The number of hydrogen-bond acceptors (Lipinski definition) is 4. The van der Waals surface area contributed by atoms with Crippen molar-refractivity contribution in [3.8, 4) is 6.07 Å². The summed E-state index contributed by atoms with van der Waals surface area (Å²) in [6, 6.07) is 2.09. The number of carbonyl (C=O) groups is 2. The average molecular weight is 327 g/mol. The molecule has 0 amide bonds. The molecule has 0 N–H and O–H groups in total. The summed E-state index contributed by atoms with van der Waals surface area (Å²) in [5, 5.41) is 9.46. The van der Waals surface area contributed by atoms with Gasteiger partial charge in [-0.2, -0.15) is 5.26 Å². The normalized spacial score (nSPS) is 37.7. The largest absolute Gasteiger partial charge is 0.384 e. The van der Waals surface area contributed by atoms with Gasteiger partial charge < -0.3 is 4.74 Å². The zero-order valence-electron chi connectivity index (χ0n) is 14.9. The first-order valence-corrected chi connectivity index (χ1v) is 8.63. The highest BCUT2D eigenvalue weighted by atomic mass is 16.5. The molecule has 4 heteroatoms. The summed E-state index contributed by atoms with van der Waals surface area (Å²) in [6.07, 6.45) is 6.78. The number of Topliss-reactive ketones (excluding diaryl/α,β-unsaturated/α-hetero) is 1. The molecule has 0 aliphatic heterocycles. The van der Waals surface area contributed by atoms with Gasteiger partial charge in [-0.3, -0.25) is 9.59 Å². The van der Waals surface area contributed by atoms with E-state index >= 15 is 0 Å². The van der Waals surface area contributed by atoms with E-state index in [1.54, 1.807) is 13.2 Å². The highest BCUT2D eigenvalue weighted by molar-refractivity contribution is 6.04. The number of methoxy groups -OCH3 is 1. The van der Waals surface area contributed by atoms with Crippen LogP contribution < -0.4 is 0 Å². The van der Waals surface area contributed by atoms with Gasteiger partial charge in [-0.15, -0.1) is 0 Å². The summed E-state index contributed by atoms with van der Waals surface area (Å²) in [4.78, 5) is 24.9. The Morgan fingerprint density at radius 3 is 2.62 bits per heavy atom. The highest BCUT2D eigenvalue weighted by Gasteiger charge is 2.59. The summed E-state index contributed by atoms with van der Waals surface area (Å²) in [5.41, 5.74) is 0.0925. The van der Waals surface area contributed by atoms with Crippen LogP contribution in [0.2, 0.25) is 0 Å². The Bertz CT molecular complexity index is 709. The molecule has 128 valence electrons. The predicted octanol–water partition coefficient (Wildman–Crippen LogP) is 3.38. The van der Waals surface area contributed by atoms with Crippen LogP contribution in [0.4, 0.5) is 0 Å². The Balaban J connectivity index is 2.23. The van der Waals surface area contributed by atoms with Gasteiger partial charge in [0.1, 0.15) is 6.07 Å². The van der Waals surface area contributed by atoms with Crippen molar-refractivity contribution in [2.24, 2.45) is 22.2 Å². The van der Waals surface area contributed by atoms with Crippen molar-refractivity contribution < 1.29 is 14.3 Å². The van der Waals surface area contributed by atoms with E-state index in [9.17, 15) is 14.9 Å². The zero-order chi connectivity index (χ0) is 17.8. The summed E-state index contributed by atoms with van der Waals surface area (Å²) in [7, 11) is 1.70. The molecule has 0 heterocycles. The molecule has 0 aromatic rings. The summed E-state index contributed by atoms with van der Waals surface area (Å²) in [6.45, 7) is 6.56. The number of nitriles is 1. The Kier molecular flexibility index (Phi) is 3.84. The van der Waals surface area contributed by atoms with Gasteiger partial charge in [0.05, 0.1) is 12.2 Å². The smallest absolute Gasteiger partial charge is 0.178 e. The fourth-order valence-electron chi connectivity index (χ4n) is 5.52. The predicted molar refractivity (Wildman–Crippen MR) is 89.9 cm³/mol. The standard InChI is InChI=1S/C20H25NO3/c1-18(2)15-6-8-20(12-24-4)7-5-14(22)9-16(20)19(15,3)10-13(11-21)17(18)23/h9-10,15H,5-8,12H2,1-4H3/t15-,19-,20+/m0/s1. The molecule has 0 aromatic carbocycles. The molecule has 24 heavy (non-hydrogen) atoms. The monoisotopic (exact) mass is 327 g/mol. The molecule has 0 saturated heterocycles. The van der Waals surface area contributed by atoms with Crippen molar-refractivity contribution in [2.75, 3.05) is 13.7 Å². The van der Waals surface area contributed by atoms with E-state index in [-0.39, 0.29) is 28.5 Å². The van der Waals surface area contributed by atoms with Crippen LogP contribution in [0.25, 0.3) is 0 Å². The van der Waals surface area contributed by atoms with Gasteiger partial charge >= 0.3 is 0 Å². The third-order valence-electron chi connectivity index (χ3n) is 6.63. The summed E-state index contributed by atoms with van der Waals surface area (Å²) in [5.74, 6) is 0.159. The lowest BCUT2D eigenvalue weighted by Crippen LogP contribution is -2.55. The highest BCUT2D eigenvalue weighted by Crippen LogP contribution is 2.64. The third-order valence-corrected chi connectivity index (χ3v) is 6.63. The average Bonchev–Trinajstić information content (AvgIpc) is 2.53. The molecule has 0 unspecified atom stereocenters. The maximum atomic E-state index is 12.7. The number of carbonyl (C=O) groups excluding carboxylic acids is 2. The number of allylic oxidation sites excluding steroid dienone is 3. The molecular formula is C20H25NO3. The van der Waals surface area contributed by atoms with Crippen molar-refractivity contribution in [3.05, 3.63) is 23.3 Å². The van der Waals surface area contributed by atoms with E-state index in [4.69, 9.17) is 4.74 Å². The van der Waals surface area contributed by atoms with Gasteiger partial charge in [0.25, 0.3) is 0 Å². The van der Waals surface area contributed by atoms with E-state index < -0.39 is 10.8 Å². The summed E-state index contributed by atoms with van der Waals surface area (Å²) < 4.78 is 5.52. The van der Waals surface area contributed by atoms with Crippen molar-refractivity contribution in [1.82, 2.24) is 0 Å². The topological polar surface area (TPSA) is 67.2 Å². The molecule has 0 bridgehead atoms. The van der Waals surface area contributed by atoms with Gasteiger partial charge in [0.15, 0.2) is 11.6 Å². The SMILES string of the molecule is COC[C@]12CCC(=O)C=C1[C@@]1(C)C=C(C#N)C(=O)C(C)(C)[C@@H]1CC2. The first-order valence-electron chi connectivity index (χ1n) is 8.63. The van der Waals surface area contributed by atoms with Crippen LogP contribution >= 0.6 is 0 Å². The van der Waals surface area contributed by atoms with E-state index in [2.05, 4.69) is 13.0 Å². The second kappa shape index (κ2) is 5.39. The second-order valence-corrected chi connectivity index (χ2v) is 8.33. The lowest BCUT2D eigenvalue weighted by molar-refractivity contribution is -0.131.